The van der Waals surface area contributed by atoms with Crippen LogP contribution in [0.25, 0.3) is 0 Å². The average molecular weight is 354 g/mol. The van der Waals surface area contributed by atoms with Crippen LogP contribution in [0.4, 0.5) is 10.5 Å². The molecule has 112 valence electrons. The van der Waals surface area contributed by atoms with Crippen LogP contribution in [-0.4, -0.2) is 34.6 Å². The fourth-order valence-electron chi connectivity index (χ4n) is 1.67. The van der Waals surface area contributed by atoms with Crippen molar-refractivity contribution in [3.05, 3.63) is 28.2 Å². The molecule has 0 aliphatic carbocycles. The molecule has 0 spiro atoms. The van der Waals surface area contributed by atoms with E-state index < -0.39 is 12.0 Å². The van der Waals surface area contributed by atoms with Gasteiger partial charge in [0.25, 0.3) is 0 Å². The monoisotopic (exact) mass is 353 g/mol. The number of anilines is 1. The Kier molecular flexibility index (Phi) is 6.18. The van der Waals surface area contributed by atoms with Gasteiger partial charge in [-0.05, 0) is 47.5 Å². The van der Waals surface area contributed by atoms with Crippen LogP contribution in [0.5, 0.6) is 0 Å². The summed E-state index contributed by atoms with van der Waals surface area (Å²) in [6.07, 6.45) is 0.648. The molecule has 0 bridgehead atoms. The molecule has 0 aromatic heterocycles. The Bertz CT molecular complexity index is 583. The number of urea groups is 1. The zero-order valence-corrected chi connectivity index (χ0v) is 13.3. The number of amides is 2. The Morgan fingerprint density at radius 1 is 1.52 bits per heavy atom. The molecule has 1 aromatic carbocycles. The van der Waals surface area contributed by atoms with Gasteiger partial charge >= 0.3 is 12.0 Å². The van der Waals surface area contributed by atoms with E-state index >= 15 is 0 Å². The quantitative estimate of drug-likeness (QED) is 0.850. The number of rotatable bonds is 5. The molecule has 1 aromatic rings. The summed E-state index contributed by atoms with van der Waals surface area (Å²) in [7, 11) is 0. The number of carboxylic acid groups (broad SMARTS) is 1. The van der Waals surface area contributed by atoms with Gasteiger partial charge in [-0.25, -0.2) is 4.79 Å². The van der Waals surface area contributed by atoms with Gasteiger partial charge in [0, 0.05) is 10.5 Å². The third kappa shape index (κ3) is 4.76. The highest BCUT2D eigenvalue weighted by atomic mass is 79.9. The van der Waals surface area contributed by atoms with Crippen LogP contribution < -0.4 is 5.32 Å². The van der Waals surface area contributed by atoms with Crippen LogP contribution in [0.3, 0.4) is 0 Å². The number of halogens is 1. The zero-order valence-electron chi connectivity index (χ0n) is 11.8. The number of nitrogens with one attached hydrogen (secondary N) is 1. The largest absolute Gasteiger partial charge is 0.480 e. The van der Waals surface area contributed by atoms with Crippen molar-refractivity contribution in [2.24, 2.45) is 0 Å². The van der Waals surface area contributed by atoms with Crippen molar-refractivity contribution in [1.82, 2.24) is 4.90 Å². The first-order valence-corrected chi connectivity index (χ1v) is 7.17. The van der Waals surface area contributed by atoms with Crippen molar-refractivity contribution in [3.8, 4) is 6.07 Å². The molecule has 1 unspecified atom stereocenters. The molecule has 0 saturated carbocycles. The van der Waals surface area contributed by atoms with Crippen LogP contribution in [0.1, 0.15) is 25.8 Å². The summed E-state index contributed by atoms with van der Waals surface area (Å²) in [5, 5.41) is 20.3. The van der Waals surface area contributed by atoms with E-state index in [1.165, 1.54) is 4.90 Å². The number of carboxylic acids is 1. The number of carbonyl (C=O) groups is 2. The molecule has 0 aliphatic heterocycles. The van der Waals surface area contributed by atoms with E-state index in [1.807, 2.05) is 13.0 Å². The van der Waals surface area contributed by atoms with Gasteiger partial charge in [-0.15, -0.1) is 0 Å². The third-order valence-corrected chi connectivity index (χ3v) is 3.69. The zero-order chi connectivity index (χ0) is 16.0. The Balaban J connectivity index is 2.91. The van der Waals surface area contributed by atoms with Crippen LogP contribution in [0.15, 0.2) is 22.7 Å². The molecule has 1 atom stereocenters. The first kappa shape index (κ1) is 17.0. The molecule has 0 fully saturated rings. The smallest absolute Gasteiger partial charge is 0.323 e. The molecule has 0 radical (unpaired) electrons. The lowest BCUT2D eigenvalue weighted by molar-refractivity contribution is -0.138. The lowest BCUT2D eigenvalue weighted by Crippen LogP contribution is -2.44. The maximum atomic E-state index is 12.2. The Labute approximate surface area is 131 Å². The summed E-state index contributed by atoms with van der Waals surface area (Å²) in [4.78, 5) is 24.3. The minimum absolute atomic E-state index is 0.196. The van der Waals surface area contributed by atoms with E-state index in [-0.39, 0.29) is 12.6 Å². The normalized spacial score (nSPS) is 11.3. The van der Waals surface area contributed by atoms with Gasteiger partial charge in [0.05, 0.1) is 17.3 Å². The first-order chi connectivity index (χ1) is 9.88. The van der Waals surface area contributed by atoms with E-state index in [2.05, 4.69) is 21.2 Å². The molecule has 0 heterocycles. The number of nitrogens with zero attached hydrogens (tertiary/aromatic N) is 2. The summed E-state index contributed by atoms with van der Waals surface area (Å²) >= 11 is 3.27. The molecular formula is C14H16BrN3O3. The van der Waals surface area contributed by atoms with Gasteiger partial charge in [0.1, 0.15) is 6.54 Å². The fraction of sp³-hybridized carbons (Fsp3) is 0.357. The second kappa shape index (κ2) is 7.64. The highest BCUT2D eigenvalue weighted by Crippen LogP contribution is 2.24. The second-order valence-corrected chi connectivity index (χ2v) is 5.37. The third-order valence-electron chi connectivity index (χ3n) is 3.03. The summed E-state index contributed by atoms with van der Waals surface area (Å²) in [6.45, 7) is 3.30. The minimum atomic E-state index is -1.07. The van der Waals surface area contributed by atoms with Crippen molar-refractivity contribution in [2.75, 3.05) is 11.9 Å². The number of benzene rings is 1. The van der Waals surface area contributed by atoms with Crippen molar-refractivity contribution in [3.63, 3.8) is 0 Å². The molecule has 2 N–H and O–H groups in total. The number of nitriles is 1. The van der Waals surface area contributed by atoms with Crippen LogP contribution >= 0.6 is 15.9 Å². The van der Waals surface area contributed by atoms with E-state index in [0.717, 1.165) is 0 Å². The van der Waals surface area contributed by atoms with Crippen molar-refractivity contribution < 1.29 is 14.7 Å². The summed E-state index contributed by atoms with van der Waals surface area (Å²) in [6, 6.07) is 6.06. The standard InChI is InChI=1S/C14H16BrN3O3/c1-3-9(2)18(8-13(19)20)14(21)17-12-5-4-10(7-16)6-11(12)15/h4-6,9H,3,8H2,1-2H3,(H,17,21)(H,19,20). The minimum Gasteiger partial charge on any atom is -0.480 e. The topological polar surface area (TPSA) is 93.4 Å². The summed E-state index contributed by atoms with van der Waals surface area (Å²) < 4.78 is 0.564. The number of hydrogen-bond donors (Lipinski definition) is 2. The van der Waals surface area contributed by atoms with Crippen molar-refractivity contribution >= 4 is 33.6 Å². The first-order valence-electron chi connectivity index (χ1n) is 6.38. The number of aliphatic carboxylic acids is 1. The Morgan fingerprint density at radius 2 is 2.19 bits per heavy atom. The number of hydrogen-bond acceptors (Lipinski definition) is 3. The van der Waals surface area contributed by atoms with Gasteiger partial charge in [-0.2, -0.15) is 5.26 Å². The van der Waals surface area contributed by atoms with Gasteiger partial charge in [-0.1, -0.05) is 6.92 Å². The predicted molar refractivity (Wildman–Crippen MR) is 82.0 cm³/mol. The highest BCUT2D eigenvalue weighted by molar-refractivity contribution is 9.10. The predicted octanol–water partition coefficient (Wildman–Crippen LogP) is 3.04. The lowest BCUT2D eigenvalue weighted by Gasteiger charge is -2.27. The SMILES string of the molecule is CCC(C)N(CC(=O)O)C(=O)Nc1ccc(C#N)cc1Br. The van der Waals surface area contributed by atoms with Crippen molar-refractivity contribution in [2.45, 2.75) is 26.3 Å². The van der Waals surface area contributed by atoms with E-state index in [0.29, 0.717) is 22.1 Å². The molecule has 1 rings (SSSR count). The molecule has 0 aliphatic rings. The lowest BCUT2D eigenvalue weighted by atomic mass is 10.2. The average Bonchev–Trinajstić information content (AvgIpc) is 2.45. The second-order valence-electron chi connectivity index (χ2n) is 4.52. The Morgan fingerprint density at radius 3 is 2.67 bits per heavy atom. The van der Waals surface area contributed by atoms with Gasteiger partial charge in [0.15, 0.2) is 0 Å². The van der Waals surface area contributed by atoms with E-state index in [9.17, 15) is 9.59 Å². The van der Waals surface area contributed by atoms with Gasteiger partial charge in [0.2, 0.25) is 0 Å². The number of carbonyl (C=O) groups excluding carboxylic acids is 1. The summed E-state index contributed by atoms with van der Waals surface area (Å²) in [5.41, 5.74) is 0.946. The van der Waals surface area contributed by atoms with Crippen LogP contribution in [0.2, 0.25) is 0 Å². The molecule has 2 amide bonds. The summed E-state index contributed by atoms with van der Waals surface area (Å²) in [5.74, 6) is -1.07. The molecular weight excluding hydrogens is 338 g/mol. The van der Waals surface area contributed by atoms with Gasteiger partial charge < -0.3 is 15.3 Å². The van der Waals surface area contributed by atoms with Crippen molar-refractivity contribution in [1.29, 1.82) is 5.26 Å². The van der Waals surface area contributed by atoms with Gasteiger partial charge in [-0.3, -0.25) is 4.79 Å². The maximum absolute atomic E-state index is 12.2. The molecule has 6 nitrogen and oxygen atoms in total. The highest BCUT2D eigenvalue weighted by Gasteiger charge is 2.22. The van der Waals surface area contributed by atoms with E-state index in [4.69, 9.17) is 10.4 Å². The van der Waals surface area contributed by atoms with E-state index in [1.54, 1.807) is 25.1 Å². The Hall–Kier alpha value is -2.07. The maximum Gasteiger partial charge on any atom is 0.323 e. The molecule has 21 heavy (non-hydrogen) atoms. The van der Waals surface area contributed by atoms with Crippen LogP contribution in [0, 0.1) is 11.3 Å². The molecule has 7 heteroatoms. The van der Waals surface area contributed by atoms with Crippen LogP contribution in [-0.2, 0) is 4.79 Å². The fourth-order valence-corrected chi connectivity index (χ4v) is 2.14. The molecule has 0 saturated heterocycles.